The highest BCUT2D eigenvalue weighted by molar-refractivity contribution is 7.89. The molecular formula is C24H31Cl2N5O4S. The van der Waals surface area contributed by atoms with Gasteiger partial charge >= 0.3 is 0 Å². The number of carbonyl (C=O) groups excluding carboxylic acids is 1. The molecule has 0 aromatic carbocycles. The molecular weight excluding hydrogens is 525 g/mol. The number of hydrogen-bond acceptors (Lipinski definition) is 7. The highest BCUT2D eigenvalue weighted by Gasteiger charge is 2.32. The van der Waals surface area contributed by atoms with E-state index in [9.17, 15) is 13.2 Å². The highest BCUT2D eigenvalue weighted by atomic mass is 35.5. The number of amides is 1. The molecule has 1 aliphatic heterocycles. The van der Waals surface area contributed by atoms with E-state index in [1.165, 1.54) is 6.20 Å². The number of pyridine rings is 2. The van der Waals surface area contributed by atoms with Gasteiger partial charge in [-0.25, -0.2) is 23.1 Å². The fourth-order valence-electron chi connectivity index (χ4n) is 4.51. The lowest BCUT2D eigenvalue weighted by atomic mass is 10.0. The van der Waals surface area contributed by atoms with Gasteiger partial charge in [0, 0.05) is 43.5 Å². The second-order valence-electron chi connectivity index (χ2n) is 9.23. The van der Waals surface area contributed by atoms with Gasteiger partial charge in [0.05, 0.1) is 21.5 Å². The second-order valence-corrected chi connectivity index (χ2v) is 12.1. The molecule has 36 heavy (non-hydrogen) atoms. The number of carbonyl (C=O) groups is 1. The number of sulfonamides is 1. The average molecular weight is 557 g/mol. The van der Waals surface area contributed by atoms with Gasteiger partial charge in [-0.1, -0.05) is 23.2 Å². The van der Waals surface area contributed by atoms with Crippen LogP contribution in [0.2, 0.25) is 10.0 Å². The van der Waals surface area contributed by atoms with Gasteiger partial charge in [0.1, 0.15) is 11.6 Å². The quantitative estimate of drug-likeness (QED) is 0.420. The third kappa shape index (κ3) is 7.07. The van der Waals surface area contributed by atoms with E-state index in [0.29, 0.717) is 58.1 Å². The summed E-state index contributed by atoms with van der Waals surface area (Å²) in [7, 11) is -3.31. The summed E-state index contributed by atoms with van der Waals surface area (Å²) in [5, 5.41) is 7.00. The normalized spacial score (nSPS) is 20.9. The maximum absolute atomic E-state index is 12.9. The minimum Gasteiger partial charge on any atom is -0.381 e. The van der Waals surface area contributed by atoms with Crippen LogP contribution in [0.25, 0.3) is 11.3 Å². The van der Waals surface area contributed by atoms with Crippen LogP contribution in [0.5, 0.6) is 0 Å². The first-order valence-corrected chi connectivity index (χ1v) is 14.6. The predicted molar refractivity (Wildman–Crippen MR) is 142 cm³/mol. The molecule has 0 unspecified atom stereocenters. The SMILES string of the molecule is CCS(=O)(=O)N[C@@H]1CC[C@H](C(=O)Nc2cc(-c3nc(NCC4CCOCC4)ccc3Cl)c(Cl)cn2)C1. The van der Waals surface area contributed by atoms with Gasteiger partial charge in [-0.3, -0.25) is 4.79 Å². The van der Waals surface area contributed by atoms with Crippen molar-refractivity contribution in [3.8, 4) is 11.3 Å². The molecule has 1 aliphatic carbocycles. The van der Waals surface area contributed by atoms with Crippen LogP contribution in [0.4, 0.5) is 11.6 Å². The van der Waals surface area contributed by atoms with E-state index in [0.717, 1.165) is 32.6 Å². The van der Waals surface area contributed by atoms with E-state index in [2.05, 4.69) is 25.3 Å². The van der Waals surface area contributed by atoms with Gasteiger partial charge in [0.25, 0.3) is 0 Å². The van der Waals surface area contributed by atoms with Crippen molar-refractivity contribution in [2.24, 2.45) is 11.8 Å². The Hall–Kier alpha value is -1.98. The average Bonchev–Trinajstić information content (AvgIpc) is 3.33. The molecule has 3 N–H and O–H groups in total. The van der Waals surface area contributed by atoms with Gasteiger partial charge < -0.3 is 15.4 Å². The molecule has 2 atom stereocenters. The van der Waals surface area contributed by atoms with Crippen LogP contribution in [-0.4, -0.2) is 55.8 Å². The number of nitrogens with one attached hydrogen (secondary N) is 3. The molecule has 2 aromatic rings. The molecule has 2 aliphatic rings. The summed E-state index contributed by atoms with van der Waals surface area (Å²) in [6.07, 6.45) is 5.14. The summed E-state index contributed by atoms with van der Waals surface area (Å²) in [6, 6.07) is 5.01. The Balaban J connectivity index is 1.43. The molecule has 1 saturated carbocycles. The summed E-state index contributed by atoms with van der Waals surface area (Å²) in [4.78, 5) is 21.8. The van der Waals surface area contributed by atoms with Crippen molar-refractivity contribution in [1.82, 2.24) is 14.7 Å². The third-order valence-electron chi connectivity index (χ3n) is 6.65. The summed E-state index contributed by atoms with van der Waals surface area (Å²) < 4.78 is 31.8. The number of rotatable bonds is 9. The van der Waals surface area contributed by atoms with Gasteiger partial charge in [0.2, 0.25) is 15.9 Å². The molecule has 196 valence electrons. The topological polar surface area (TPSA) is 122 Å². The zero-order valence-electron chi connectivity index (χ0n) is 20.1. The van der Waals surface area contributed by atoms with E-state index in [4.69, 9.17) is 27.9 Å². The smallest absolute Gasteiger partial charge is 0.228 e. The molecule has 0 bridgehead atoms. The van der Waals surface area contributed by atoms with Crippen LogP contribution in [0.15, 0.2) is 24.4 Å². The lowest BCUT2D eigenvalue weighted by Gasteiger charge is -2.22. The predicted octanol–water partition coefficient (Wildman–Crippen LogP) is 4.34. The number of ether oxygens (including phenoxy) is 1. The summed E-state index contributed by atoms with van der Waals surface area (Å²) >= 11 is 12.9. The lowest BCUT2D eigenvalue weighted by molar-refractivity contribution is -0.119. The summed E-state index contributed by atoms with van der Waals surface area (Å²) in [6.45, 7) is 3.94. The first kappa shape index (κ1) is 27.1. The van der Waals surface area contributed by atoms with Crippen LogP contribution < -0.4 is 15.4 Å². The number of anilines is 2. The molecule has 2 fully saturated rings. The van der Waals surface area contributed by atoms with Crippen LogP contribution in [0, 0.1) is 11.8 Å². The minimum absolute atomic E-state index is 0.0146. The first-order valence-electron chi connectivity index (χ1n) is 12.2. The van der Waals surface area contributed by atoms with E-state index in [1.54, 1.807) is 19.1 Å². The van der Waals surface area contributed by atoms with Gasteiger partial charge in [0.15, 0.2) is 0 Å². The van der Waals surface area contributed by atoms with Crippen molar-refractivity contribution >= 4 is 50.8 Å². The maximum atomic E-state index is 12.9. The van der Waals surface area contributed by atoms with Crippen LogP contribution in [0.1, 0.15) is 39.0 Å². The lowest BCUT2D eigenvalue weighted by Crippen LogP contribution is -2.34. The fourth-order valence-corrected chi connectivity index (χ4v) is 5.80. The van der Waals surface area contributed by atoms with Crippen molar-refractivity contribution in [3.63, 3.8) is 0 Å². The standard InChI is InChI=1S/C24H31Cl2N5O4S/c1-2-36(33,34)31-17-4-3-16(11-17)24(32)30-22-12-18(20(26)14-28-22)23-19(25)5-6-21(29-23)27-13-15-7-9-35-10-8-15/h5-6,12,14-17,31H,2-4,7-11,13H2,1H3,(H,27,29)(H,28,30,32)/t16-,17+/m0/s1. The number of aromatic nitrogens is 2. The fraction of sp³-hybridized carbons (Fsp3) is 0.542. The molecule has 1 saturated heterocycles. The Bertz CT molecular complexity index is 1190. The summed E-state index contributed by atoms with van der Waals surface area (Å²) in [5.41, 5.74) is 1.05. The van der Waals surface area contributed by atoms with Gasteiger partial charge in [-0.2, -0.15) is 0 Å². The Morgan fingerprint density at radius 3 is 2.64 bits per heavy atom. The van der Waals surface area contributed by atoms with Crippen LogP contribution in [-0.2, 0) is 19.6 Å². The molecule has 12 heteroatoms. The summed E-state index contributed by atoms with van der Waals surface area (Å²) in [5.74, 6) is 1.04. The number of halogens is 2. The molecule has 0 radical (unpaired) electrons. The Labute approximate surface area is 221 Å². The van der Waals surface area contributed by atoms with Crippen molar-refractivity contribution in [1.29, 1.82) is 0 Å². The highest BCUT2D eigenvalue weighted by Crippen LogP contribution is 2.34. The minimum atomic E-state index is -3.31. The van der Waals surface area contributed by atoms with Crippen molar-refractivity contribution in [2.75, 3.05) is 36.1 Å². The maximum Gasteiger partial charge on any atom is 0.228 e. The van der Waals surface area contributed by atoms with Gasteiger partial charge in [-0.15, -0.1) is 0 Å². The zero-order chi connectivity index (χ0) is 25.7. The molecule has 1 amide bonds. The molecule has 9 nitrogen and oxygen atoms in total. The van der Waals surface area contributed by atoms with Gasteiger partial charge in [-0.05, 0) is 63.1 Å². The first-order chi connectivity index (χ1) is 17.2. The second kappa shape index (κ2) is 12.0. The Morgan fingerprint density at radius 1 is 1.11 bits per heavy atom. The van der Waals surface area contributed by atoms with Crippen molar-refractivity contribution in [2.45, 2.75) is 45.1 Å². The zero-order valence-corrected chi connectivity index (χ0v) is 22.4. The van der Waals surface area contributed by atoms with Crippen LogP contribution in [0.3, 0.4) is 0 Å². The largest absolute Gasteiger partial charge is 0.381 e. The van der Waals surface area contributed by atoms with Crippen molar-refractivity contribution < 1.29 is 17.9 Å². The van der Waals surface area contributed by atoms with E-state index in [1.807, 2.05) is 6.07 Å². The van der Waals surface area contributed by atoms with E-state index in [-0.39, 0.29) is 23.6 Å². The Kier molecular flexibility index (Phi) is 9.05. The Morgan fingerprint density at radius 2 is 1.89 bits per heavy atom. The number of nitrogens with zero attached hydrogens (tertiary/aromatic N) is 2. The molecule has 0 spiro atoms. The van der Waals surface area contributed by atoms with Crippen LogP contribution >= 0.6 is 23.2 Å². The molecule has 3 heterocycles. The number of hydrogen-bond donors (Lipinski definition) is 3. The van der Waals surface area contributed by atoms with E-state index < -0.39 is 10.0 Å². The molecule has 4 rings (SSSR count). The monoisotopic (exact) mass is 555 g/mol. The van der Waals surface area contributed by atoms with E-state index >= 15 is 0 Å². The third-order valence-corrected chi connectivity index (χ3v) is 8.71. The van der Waals surface area contributed by atoms with Crippen molar-refractivity contribution in [3.05, 3.63) is 34.4 Å². The molecule has 2 aromatic heterocycles.